The largest absolute Gasteiger partial charge is 0.427 e. The van der Waals surface area contributed by atoms with Crippen molar-refractivity contribution in [1.82, 2.24) is 0 Å². The number of aryl methyl sites for hydroxylation is 1. The molecule has 0 unspecified atom stereocenters. The Morgan fingerprint density at radius 1 is 1.00 bits per heavy atom. The highest BCUT2D eigenvalue weighted by Gasteiger charge is 2.75. The van der Waals surface area contributed by atoms with Gasteiger partial charge in [0.2, 0.25) is 0 Å². The number of fused-ring (bicyclic) bond motifs is 1. The van der Waals surface area contributed by atoms with Crippen LogP contribution in [0, 0.1) is 5.92 Å². The molecule has 0 bridgehead atoms. The lowest BCUT2D eigenvalue weighted by atomic mass is 9.72. The molecule has 2 nitrogen and oxygen atoms in total. The van der Waals surface area contributed by atoms with Crippen LogP contribution in [0.5, 0.6) is 0 Å². The average molecular weight is 312 g/mol. The molecule has 0 saturated carbocycles. The maximum Gasteiger partial charge on any atom is 0.427 e. The molecule has 21 heavy (non-hydrogen) atoms. The first kappa shape index (κ1) is 15.8. The topological polar surface area (TPSA) is 37.3 Å². The number of alkyl halides is 6. The van der Waals surface area contributed by atoms with Crippen LogP contribution in [0.15, 0.2) is 24.3 Å². The van der Waals surface area contributed by atoms with E-state index in [1.807, 2.05) is 0 Å². The van der Waals surface area contributed by atoms with Crippen molar-refractivity contribution in [2.75, 3.05) is 0 Å². The fourth-order valence-electron chi connectivity index (χ4n) is 2.55. The Kier molecular flexibility index (Phi) is 3.56. The molecule has 8 heteroatoms. The second-order valence-corrected chi connectivity index (χ2v) is 4.87. The van der Waals surface area contributed by atoms with E-state index in [0.29, 0.717) is 5.56 Å². The molecule has 1 aliphatic carbocycles. The molecule has 0 saturated heterocycles. The van der Waals surface area contributed by atoms with Gasteiger partial charge in [0.05, 0.1) is 5.92 Å². The number of halogens is 6. The summed E-state index contributed by atoms with van der Waals surface area (Å²) in [5.41, 5.74) is -4.86. The molecule has 0 amide bonds. The maximum absolute atomic E-state index is 12.8. The molecule has 1 atom stereocenters. The van der Waals surface area contributed by atoms with E-state index < -0.39 is 36.1 Å². The van der Waals surface area contributed by atoms with Crippen molar-refractivity contribution >= 4 is 5.78 Å². The van der Waals surface area contributed by atoms with Gasteiger partial charge in [0.25, 0.3) is 5.60 Å². The minimum atomic E-state index is -5.99. The van der Waals surface area contributed by atoms with Crippen molar-refractivity contribution in [3.63, 3.8) is 0 Å². The summed E-state index contributed by atoms with van der Waals surface area (Å²) in [4.78, 5) is 12.0. The van der Waals surface area contributed by atoms with Crippen molar-refractivity contribution < 1.29 is 36.2 Å². The van der Waals surface area contributed by atoms with Gasteiger partial charge >= 0.3 is 12.4 Å². The van der Waals surface area contributed by atoms with Gasteiger partial charge in [-0.25, -0.2) is 0 Å². The van der Waals surface area contributed by atoms with Crippen LogP contribution in [-0.4, -0.2) is 28.8 Å². The van der Waals surface area contributed by atoms with E-state index in [0.717, 1.165) is 6.07 Å². The predicted octanol–water partition coefficient (Wildman–Crippen LogP) is 3.29. The summed E-state index contributed by atoms with van der Waals surface area (Å²) >= 11 is 0. The first-order valence-electron chi connectivity index (χ1n) is 5.98. The van der Waals surface area contributed by atoms with Crippen molar-refractivity contribution in [1.29, 1.82) is 0 Å². The summed E-state index contributed by atoms with van der Waals surface area (Å²) in [5, 5.41) is 9.33. The molecular weight excluding hydrogens is 302 g/mol. The van der Waals surface area contributed by atoms with Gasteiger partial charge in [0.15, 0.2) is 5.78 Å². The monoisotopic (exact) mass is 312 g/mol. The number of ketones is 1. The molecular formula is C13H10F6O2. The van der Waals surface area contributed by atoms with E-state index in [4.69, 9.17) is 0 Å². The van der Waals surface area contributed by atoms with Crippen LogP contribution in [-0.2, 0) is 6.42 Å². The summed E-state index contributed by atoms with van der Waals surface area (Å²) in [5.74, 6) is -3.93. The number of carbonyl (C=O) groups is 1. The number of Topliss-reactive ketones (excluding diaryl/α,β-unsaturated/α-hetero) is 1. The van der Waals surface area contributed by atoms with Crippen molar-refractivity contribution in [2.24, 2.45) is 5.92 Å². The highest BCUT2D eigenvalue weighted by molar-refractivity contribution is 6.01. The molecule has 1 aliphatic rings. The third-order valence-corrected chi connectivity index (χ3v) is 3.67. The fourth-order valence-corrected chi connectivity index (χ4v) is 2.55. The van der Waals surface area contributed by atoms with E-state index in [1.165, 1.54) is 18.2 Å². The number of rotatable bonds is 1. The van der Waals surface area contributed by atoms with Gasteiger partial charge in [0.1, 0.15) is 0 Å². The van der Waals surface area contributed by atoms with E-state index in [2.05, 4.69) is 0 Å². The molecule has 0 aliphatic heterocycles. The summed E-state index contributed by atoms with van der Waals surface area (Å²) in [6.07, 6.45) is -12.8. The maximum atomic E-state index is 12.8. The third kappa shape index (κ3) is 2.31. The lowest BCUT2D eigenvalue weighted by molar-refractivity contribution is -0.379. The Hall–Kier alpha value is -1.57. The van der Waals surface area contributed by atoms with Crippen LogP contribution in [0.25, 0.3) is 0 Å². The van der Waals surface area contributed by atoms with E-state index in [1.54, 1.807) is 0 Å². The quantitative estimate of drug-likeness (QED) is 0.808. The van der Waals surface area contributed by atoms with Crippen molar-refractivity contribution in [3.8, 4) is 0 Å². The summed E-state index contributed by atoms with van der Waals surface area (Å²) < 4.78 is 76.9. The lowest BCUT2D eigenvalue weighted by Gasteiger charge is -2.39. The van der Waals surface area contributed by atoms with Gasteiger partial charge in [-0.1, -0.05) is 24.3 Å². The Morgan fingerprint density at radius 3 is 2.05 bits per heavy atom. The van der Waals surface area contributed by atoms with Gasteiger partial charge in [-0.15, -0.1) is 0 Å². The smallest absolute Gasteiger partial charge is 0.373 e. The zero-order chi connectivity index (χ0) is 16.1. The van der Waals surface area contributed by atoms with Crippen LogP contribution >= 0.6 is 0 Å². The molecule has 1 aromatic rings. The standard InChI is InChI=1S/C13H10F6O2/c14-12(15,16)11(21,13(17,18)19)9-6-5-7-3-1-2-4-8(7)10(9)20/h1-4,9,21H,5-6H2/t9-/m1/s1. The summed E-state index contributed by atoms with van der Waals surface area (Å²) in [7, 11) is 0. The minimum absolute atomic E-state index is 0.138. The highest BCUT2D eigenvalue weighted by Crippen LogP contribution is 2.50. The Labute approximate surface area is 115 Å². The van der Waals surface area contributed by atoms with Gasteiger partial charge < -0.3 is 5.11 Å². The molecule has 0 aromatic heterocycles. The van der Waals surface area contributed by atoms with Crippen LogP contribution in [0.3, 0.4) is 0 Å². The Morgan fingerprint density at radius 2 is 1.52 bits per heavy atom. The van der Waals surface area contributed by atoms with E-state index in [-0.39, 0.29) is 12.0 Å². The SMILES string of the molecule is O=C1c2ccccc2CC[C@H]1C(O)(C(F)(F)F)C(F)(F)F. The highest BCUT2D eigenvalue weighted by atomic mass is 19.4. The van der Waals surface area contributed by atoms with Gasteiger partial charge in [-0.3, -0.25) is 4.79 Å². The van der Waals surface area contributed by atoms with E-state index in [9.17, 15) is 36.2 Å². The predicted molar refractivity (Wildman–Crippen MR) is 59.6 cm³/mol. The zero-order valence-corrected chi connectivity index (χ0v) is 10.4. The summed E-state index contributed by atoms with van der Waals surface area (Å²) in [6, 6.07) is 5.51. The average Bonchev–Trinajstić information content (AvgIpc) is 2.36. The zero-order valence-electron chi connectivity index (χ0n) is 10.4. The second-order valence-electron chi connectivity index (χ2n) is 4.87. The van der Waals surface area contributed by atoms with Gasteiger partial charge in [-0.2, -0.15) is 26.3 Å². The van der Waals surface area contributed by atoms with Crippen LogP contribution in [0.2, 0.25) is 0 Å². The number of aliphatic hydroxyl groups is 1. The van der Waals surface area contributed by atoms with Gasteiger partial charge in [-0.05, 0) is 18.4 Å². The van der Waals surface area contributed by atoms with Crippen molar-refractivity contribution in [3.05, 3.63) is 35.4 Å². The molecule has 116 valence electrons. The summed E-state index contributed by atoms with van der Waals surface area (Å²) in [6.45, 7) is 0. The fraction of sp³-hybridized carbons (Fsp3) is 0.462. The van der Waals surface area contributed by atoms with Crippen LogP contribution < -0.4 is 0 Å². The molecule has 0 radical (unpaired) electrons. The Balaban J connectivity index is 2.53. The van der Waals surface area contributed by atoms with Crippen LogP contribution in [0.4, 0.5) is 26.3 Å². The molecule has 0 fully saturated rings. The second kappa shape index (κ2) is 4.72. The van der Waals surface area contributed by atoms with Crippen molar-refractivity contribution in [2.45, 2.75) is 30.8 Å². The molecule has 0 heterocycles. The third-order valence-electron chi connectivity index (χ3n) is 3.67. The van der Waals surface area contributed by atoms with E-state index >= 15 is 0 Å². The molecule has 2 rings (SSSR count). The van der Waals surface area contributed by atoms with Crippen LogP contribution in [0.1, 0.15) is 22.3 Å². The lowest BCUT2D eigenvalue weighted by Crippen LogP contribution is -2.64. The first-order valence-corrected chi connectivity index (χ1v) is 5.98. The van der Waals surface area contributed by atoms with Gasteiger partial charge in [0, 0.05) is 5.56 Å². The minimum Gasteiger partial charge on any atom is -0.373 e. The molecule has 1 N–H and O–H groups in total. The molecule has 1 aromatic carbocycles. The first-order chi connectivity index (χ1) is 9.50. The number of hydrogen-bond acceptors (Lipinski definition) is 2. The normalized spacial score (nSPS) is 20.3. The number of carbonyl (C=O) groups excluding carboxylic acids is 1. The molecule has 0 spiro atoms. The number of benzene rings is 1. The Bertz CT molecular complexity index is 547. The number of hydrogen-bond donors (Lipinski definition) is 1.